The van der Waals surface area contributed by atoms with Gasteiger partial charge in [0.2, 0.25) is 0 Å². The maximum atomic E-state index is 11.5. The predicted octanol–water partition coefficient (Wildman–Crippen LogP) is 3.94. The SMILES string of the molecule is CC(C)(C)OC(=O)NCc1ccc(Cl)c(SC#N)c1. The molecule has 4 nitrogen and oxygen atoms in total. The molecular weight excluding hydrogens is 284 g/mol. The maximum Gasteiger partial charge on any atom is 0.407 e. The molecule has 0 aromatic heterocycles. The van der Waals surface area contributed by atoms with Gasteiger partial charge in [0.05, 0.1) is 5.02 Å². The Balaban J connectivity index is 2.61. The lowest BCUT2D eigenvalue weighted by atomic mass is 10.2. The maximum absolute atomic E-state index is 11.5. The molecule has 0 spiro atoms. The van der Waals surface area contributed by atoms with Crippen LogP contribution in [-0.2, 0) is 11.3 Å². The van der Waals surface area contributed by atoms with Crippen molar-refractivity contribution in [1.82, 2.24) is 5.32 Å². The van der Waals surface area contributed by atoms with Crippen LogP contribution in [0.1, 0.15) is 26.3 Å². The van der Waals surface area contributed by atoms with Crippen LogP contribution in [0.4, 0.5) is 4.79 Å². The van der Waals surface area contributed by atoms with Gasteiger partial charge in [-0.3, -0.25) is 0 Å². The highest BCUT2D eigenvalue weighted by Gasteiger charge is 2.15. The van der Waals surface area contributed by atoms with E-state index in [1.807, 2.05) is 5.40 Å². The molecule has 19 heavy (non-hydrogen) atoms. The zero-order chi connectivity index (χ0) is 14.5. The molecule has 1 rings (SSSR count). The monoisotopic (exact) mass is 298 g/mol. The molecule has 0 radical (unpaired) electrons. The van der Waals surface area contributed by atoms with E-state index >= 15 is 0 Å². The number of hydrogen-bond acceptors (Lipinski definition) is 4. The number of nitrogens with zero attached hydrogens (tertiary/aromatic N) is 1. The third-order valence-electron chi connectivity index (χ3n) is 1.99. The fourth-order valence-electron chi connectivity index (χ4n) is 1.27. The summed E-state index contributed by atoms with van der Waals surface area (Å²) < 4.78 is 5.13. The first kappa shape index (κ1) is 15.7. The van der Waals surface area contributed by atoms with Gasteiger partial charge in [-0.15, -0.1) is 0 Å². The van der Waals surface area contributed by atoms with E-state index in [9.17, 15) is 4.79 Å². The van der Waals surface area contributed by atoms with Crippen LogP contribution >= 0.6 is 23.4 Å². The molecule has 1 aromatic rings. The second-order valence-corrected chi connectivity index (χ2v) is 6.05. The van der Waals surface area contributed by atoms with Crippen molar-refractivity contribution in [3.63, 3.8) is 0 Å². The van der Waals surface area contributed by atoms with Crippen molar-refractivity contribution in [2.75, 3.05) is 0 Å². The van der Waals surface area contributed by atoms with Gasteiger partial charge < -0.3 is 10.1 Å². The minimum atomic E-state index is -0.522. The molecule has 1 N–H and O–H groups in total. The number of alkyl carbamates (subject to hydrolysis) is 1. The van der Waals surface area contributed by atoms with Gasteiger partial charge in [-0.25, -0.2) is 4.79 Å². The number of amides is 1. The number of carbonyl (C=O) groups excluding carboxylic acids is 1. The molecule has 6 heteroatoms. The zero-order valence-electron chi connectivity index (χ0n) is 11.0. The lowest BCUT2D eigenvalue weighted by Gasteiger charge is -2.19. The van der Waals surface area contributed by atoms with Crippen molar-refractivity contribution in [3.8, 4) is 5.40 Å². The van der Waals surface area contributed by atoms with E-state index in [4.69, 9.17) is 21.6 Å². The minimum absolute atomic E-state index is 0.324. The molecule has 0 atom stereocenters. The molecule has 0 heterocycles. The van der Waals surface area contributed by atoms with E-state index in [-0.39, 0.29) is 0 Å². The Hall–Kier alpha value is -1.38. The molecule has 1 aromatic carbocycles. The topological polar surface area (TPSA) is 62.1 Å². The first-order chi connectivity index (χ1) is 8.81. The van der Waals surface area contributed by atoms with Gasteiger partial charge >= 0.3 is 6.09 Å². The Bertz CT molecular complexity index is 506. The molecular formula is C13H15ClN2O2S. The van der Waals surface area contributed by atoms with Crippen molar-refractivity contribution >= 4 is 29.5 Å². The summed E-state index contributed by atoms with van der Waals surface area (Å²) in [5, 5.41) is 13.8. The molecule has 0 aliphatic carbocycles. The second kappa shape index (κ2) is 6.69. The number of nitriles is 1. The third kappa shape index (κ3) is 5.86. The number of thiocyanates is 1. The largest absolute Gasteiger partial charge is 0.444 e. The Morgan fingerprint density at radius 1 is 1.53 bits per heavy atom. The fraction of sp³-hybridized carbons (Fsp3) is 0.385. The highest BCUT2D eigenvalue weighted by atomic mass is 35.5. The lowest BCUT2D eigenvalue weighted by molar-refractivity contribution is 0.0523. The average Bonchev–Trinajstić information content (AvgIpc) is 2.28. The lowest BCUT2D eigenvalue weighted by Crippen LogP contribution is -2.32. The number of hydrogen-bond donors (Lipinski definition) is 1. The van der Waals surface area contributed by atoms with Crippen LogP contribution in [0.25, 0.3) is 0 Å². The Labute approximate surface area is 122 Å². The number of thioether (sulfide) groups is 1. The van der Waals surface area contributed by atoms with E-state index in [0.717, 1.165) is 17.3 Å². The number of nitrogens with one attached hydrogen (secondary N) is 1. The second-order valence-electron chi connectivity index (χ2n) is 4.81. The normalized spacial score (nSPS) is 10.7. The molecule has 102 valence electrons. The summed E-state index contributed by atoms with van der Waals surface area (Å²) in [5.74, 6) is 0. The molecule has 0 aliphatic heterocycles. The van der Waals surface area contributed by atoms with Crippen LogP contribution in [-0.4, -0.2) is 11.7 Å². The summed E-state index contributed by atoms with van der Waals surface area (Å²) in [6.45, 7) is 5.73. The highest BCUT2D eigenvalue weighted by Crippen LogP contribution is 2.27. The molecule has 1 amide bonds. The van der Waals surface area contributed by atoms with E-state index in [1.165, 1.54) is 0 Å². The van der Waals surface area contributed by atoms with Crippen molar-refractivity contribution in [1.29, 1.82) is 5.26 Å². The van der Waals surface area contributed by atoms with E-state index < -0.39 is 11.7 Å². The Morgan fingerprint density at radius 2 is 2.21 bits per heavy atom. The van der Waals surface area contributed by atoms with Crippen molar-refractivity contribution in [2.45, 2.75) is 37.8 Å². The first-order valence-electron chi connectivity index (χ1n) is 5.63. The van der Waals surface area contributed by atoms with Gasteiger partial charge in [-0.1, -0.05) is 17.7 Å². The molecule has 0 unspecified atom stereocenters. The van der Waals surface area contributed by atoms with E-state index in [0.29, 0.717) is 16.5 Å². The number of benzene rings is 1. The number of halogens is 1. The van der Waals surface area contributed by atoms with Gasteiger partial charge in [-0.2, -0.15) is 5.26 Å². The Kier molecular flexibility index (Phi) is 5.52. The number of ether oxygens (including phenoxy) is 1. The first-order valence-corrected chi connectivity index (χ1v) is 6.82. The molecule has 0 bridgehead atoms. The predicted molar refractivity (Wildman–Crippen MR) is 76.0 cm³/mol. The number of carbonyl (C=O) groups is 1. The fourth-order valence-corrected chi connectivity index (χ4v) is 1.98. The highest BCUT2D eigenvalue weighted by molar-refractivity contribution is 8.03. The van der Waals surface area contributed by atoms with Crippen LogP contribution in [0.3, 0.4) is 0 Å². The van der Waals surface area contributed by atoms with Gasteiger partial charge in [0, 0.05) is 11.4 Å². The summed E-state index contributed by atoms with van der Waals surface area (Å²) in [7, 11) is 0. The molecule has 0 saturated carbocycles. The smallest absolute Gasteiger partial charge is 0.407 e. The van der Waals surface area contributed by atoms with Gasteiger partial charge in [0.1, 0.15) is 11.0 Å². The summed E-state index contributed by atoms with van der Waals surface area (Å²) in [6.07, 6.45) is -0.475. The average molecular weight is 299 g/mol. The standard InChI is InChI=1S/C13H15ClN2O2S/c1-13(2,3)18-12(17)16-7-9-4-5-10(14)11(6-9)19-8-15/h4-6H,7H2,1-3H3,(H,16,17). The molecule has 0 aliphatic rings. The zero-order valence-corrected chi connectivity index (χ0v) is 12.6. The summed E-state index contributed by atoms with van der Waals surface area (Å²) in [6, 6.07) is 5.27. The van der Waals surface area contributed by atoms with E-state index in [1.54, 1.807) is 39.0 Å². The quantitative estimate of drug-likeness (QED) is 0.678. The van der Waals surface area contributed by atoms with Gasteiger partial charge in [-0.05, 0) is 50.2 Å². The van der Waals surface area contributed by atoms with Crippen molar-refractivity contribution < 1.29 is 9.53 Å². The summed E-state index contributed by atoms with van der Waals surface area (Å²) >= 11 is 6.93. The third-order valence-corrected chi connectivity index (χ3v) is 3.08. The summed E-state index contributed by atoms with van der Waals surface area (Å²) in [4.78, 5) is 12.2. The number of rotatable bonds is 3. The van der Waals surface area contributed by atoms with Crippen LogP contribution in [0.15, 0.2) is 23.1 Å². The van der Waals surface area contributed by atoms with Crippen molar-refractivity contribution in [2.24, 2.45) is 0 Å². The van der Waals surface area contributed by atoms with Crippen LogP contribution in [0.2, 0.25) is 5.02 Å². The van der Waals surface area contributed by atoms with Crippen molar-refractivity contribution in [3.05, 3.63) is 28.8 Å². The van der Waals surface area contributed by atoms with Gasteiger partial charge in [0.15, 0.2) is 0 Å². The molecule has 0 fully saturated rings. The summed E-state index contributed by atoms with van der Waals surface area (Å²) in [5.41, 5.74) is 0.333. The molecule has 0 saturated heterocycles. The van der Waals surface area contributed by atoms with Crippen LogP contribution in [0.5, 0.6) is 0 Å². The van der Waals surface area contributed by atoms with Crippen LogP contribution < -0.4 is 5.32 Å². The van der Waals surface area contributed by atoms with E-state index in [2.05, 4.69) is 5.32 Å². The van der Waals surface area contributed by atoms with Gasteiger partial charge in [0.25, 0.3) is 0 Å². The Morgan fingerprint density at radius 3 is 2.79 bits per heavy atom. The minimum Gasteiger partial charge on any atom is -0.444 e. The van der Waals surface area contributed by atoms with Crippen LogP contribution in [0, 0.1) is 10.7 Å².